The van der Waals surface area contributed by atoms with Crippen LogP contribution in [0.1, 0.15) is 30.7 Å². The monoisotopic (exact) mass is 220 g/mol. The van der Waals surface area contributed by atoms with Crippen molar-refractivity contribution < 1.29 is 0 Å². The highest BCUT2D eigenvalue weighted by molar-refractivity contribution is 7.99. The largest absolute Gasteiger partial charge is 0.245 e. The first-order valence-electron chi connectivity index (χ1n) is 5.05. The summed E-state index contributed by atoms with van der Waals surface area (Å²) in [4.78, 5) is 4.42. The Labute approximate surface area is 95.7 Å². The Bertz CT molecular complexity index is 391. The summed E-state index contributed by atoms with van der Waals surface area (Å²) in [7, 11) is 0. The number of nitriles is 1. The molecule has 0 aromatic carbocycles. The summed E-state index contributed by atoms with van der Waals surface area (Å²) in [6.07, 6.45) is 0. The van der Waals surface area contributed by atoms with E-state index in [1.54, 1.807) is 11.8 Å². The van der Waals surface area contributed by atoms with Crippen molar-refractivity contribution in [1.82, 2.24) is 4.98 Å². The summed E-state index contributed by atoms with van der Waals surface area (Å²) in [6.45, 7) is 8.27. The molecule has 0 unspecified atom stereocenters. The maximum absolute atomic E-state index is 9.05. The first kappa shape index (κ1) is 12.1. The highest BCUT2D eigenvalue weighted by Gasteiger charge is 2.09. The Morgan fingerprint density at radius 3 is 2.67 bits per heavy atom. The SMILES string of the molecule is Cc1cc(C)c(C#N)c(SCC(C)C)n1. The van der Waals surface area contributed by atoms with Crippen LogP contribution in [0.25, 0.3) is 0 Å². The smallest absolute Gasteiger partial charge is 0.114 e. The maximum atomic E-state index is 9.05. The Hall–Kier alpha value is -1.01. The highest BCUT2D eigenvalue weighted by Crippen LogP contribution is 2.25. The van der Waals surface area contributed by atoms with Gasteiger partial charge in [0, 0.05) is 11.4 Å². The summed E-state index contributed by atoms with van der Waals surface area (Å²) < 4.78 is 0. The van der Waals surface area contributed by atoms with Crippen molar-refractivity contribution in [3.63, 3.8) is 0 Å². The minimum absolute atomic E-state index is 0.615. The predicted octanol–water partition coefficient (Wildman–Crippen LogP) is 3.32. The zero-order chi connectivity index (χ0) is 11.4. The van der Waals surface area contributed by atoms with Gasteiger partial charge in [0.1, 0.15) is 11.1 Å². The molecule has 15 heavy (non-hydrogen) atoms. The second-order valence-electron chi connectivity index (χ2n) is 4.08. The van der Waals surface area contributed by atoms with Crippen molar-refractivity contribution in [2.45, 2.75) is 32.7 Å². The Kier molecular flexibility index (Phi) is 4.16. The molecule has 0 aliphatic carbocycles. The van der Waals surface area contributed by atoms with Gasteiger partial charge in [-0.15, -0.1) is 11.8 Å². The van der Waals surface area contributed by atoms with E-state index < -0.39 is 0 Å². The fraction of sp³-hybridized carbons (Fsp3) is 0.500. The van der Waals surface area contributed by atoms with Crippen LogP contribution in [-0.2, 0) is 0 Å². The molecule has 1 heterocycles. The molecule has 0 N–H and O–H groups in total. The molecule has 1 aromatic rings. The van der Waals surface area contributed by atoms with Gasteiger partial charge in [0.05, 0.1) is 5.56 Å². The fourth-order valence-corrected chi connectivity index (χ4v) is 2.34. The molecule has 1 aromatic heterocycles. The number of rotatable bonds is 3. The Balaban J connectivity index is 3.00. The zero-order valence-corrected chi connectivity index (χ0v) is 10.5. The molecule has 0 amide bonds. The highest BCUT2D eigenvalue weighted by atomic mass is 32.2. The van der Waals surface area contributed by atoms with Gasteiger partial charge < -0.3 is 0 Å². The molecule has 0 aliphatic rings. The Morgan fingerprint density at radius 1 is 1.47 bits per heavy atom. The van der Waals surface area contributed by atoms with Crippen molar-refractivity contribution in [3.05, 3.63) is 22.9 Å². The number of nitrogens with zero attached hydrogens (tertiary/aromatic N) is 2. The third kappa shape index (κ3) is 3.24. The van der Waals surface area contributed by atoms with E-state index in [1.165, 1.54) is 0 Å². The van der Waals surface area contributed by atoms with Crippen LogP contribution >= 0.6 is 11.8 Å². The summed E-state index contributed by atoms with van der Waals surface area (Å²) in [5.41, 5.74) is 2.74. The average molecular weight is 220 g/mol. The van der Waals surface area contributed by atoms with Crippen LogP contribution < -0.4 is 0 Å². The third-order valence-corrected chi connectivity index (χ3v) is 3.38. The van der Waals surface area contributed by atoms with Crippen LogP contribution in [0.5, 0.6) is 0 Å². The van der Waals surface area contributed by atoms with Gasteiger partial charge in [0.25, 0.3) is 0 Å². The van der Waals surface area contributed by atoms with Crippen LogP contribution in [0.3, 0.4) is 0 Å². The van der Waals surface area contributed by atoms with E-state index in [0.717, 1.165) is 27.6 Å². The average Bonchev–Trinajstić information content (AvgIpc) is 2.13. The molecular weight excluding hydrogens is 204 g/mol. The molecule has 1 rings (SSSR count). The Morgan fingerprint density at radius 2 is 2.13 bits per heavy atom. The van der Waals surface area contributed by atoms with Gasteiger partial charge in [-0.2, -0.15) is 5.26 Å². The van der Waals surface area contributed by atoms with Gasteiger partial charge >= 0.3 is 0 Å². The summed E-state index contributed by atoms with van der Waals surface area (Å²) in [5.74, 6) is 1.62. The van der Waals surface area contributed by atoms with Crippen molar-refractivity contribution in [3.8, 4) is 6.07 Å². The van der Waals surface area contributed by atoms with Gasteiger partial charge in [-0.1, -0.05) is 13.8 Å². The number of thioether (sulfide) groups is 1. The standard InChI is InChI=1S/C12H16N2S/c1-8(2)7-15-12-11(6-13)9(3)5-10(4)14-12/h5,8H,7H2,1-4H3. The number of pyridine rings is 1. The van der Waals surface area contributed by atoms with Gasteiger partial charge in [-0.3, -0.25) is 0 Å². The lowest BCUT2D eigenvalue weighted by molar-refractivity contribution is 0.749. The van der Waals surface area contributed by atoms with E-state index in [9.17, 15) is 0 Å². The van der Waals surface area contributed by atoms with Gasteiger partial charge in [0.15, 0.2) is 0 Å². The van der Waals surface area contributed by atoms with Gasteiger partial charge in [-0.05, 0) is 31.4 Å². The molecule has 0 fully saturated rings. The van der Waals surface area contributed by atoms with Crippen LogP contribution in [0.4, 0.5) is 0 Å². The molecule has 0 atom stereocenters. The summed E-state index contributed by atoms with van der Waals surface area (Å²) in [6, 6.07) is 4.19. The maximum Gasteiger partial charge on any atom is 0.114 e. The summed E-state index contributed by atoms with van der Waals surface area (Å²) >= 11 is 1.67. The van der Waals surface area contributed by atoms with Crippen molar-refractivity contribution in [2.24, 2.45) is 5.92 Å². The van der Waals surface area contributed by atoms with Gasteiger partial charge in [0.2, 0.25) is 0 Å². The number of aryl methyl sites for hydroxylation is 2. The fourth-order valence-electron chi connectivity index (χ4n) is 1.29. The van der Waals surface area contributed by atoms with Gasteiger partial charge in [-0.25, -0.2) is 4.98 Å². The molecule has 0 saturated carbocycles. The van der Waals surface area contributed by atoms with Crippen LogP contribution in [0, 0.1) is 31.1 Å². The molecule has 0 bridgehead atoms. The van der Waals surface area contributed by atoms with E-state index >= 15 is 0 Å². The topological polar surface area (TPSA) is 36.7 Å². The minimum atomic E-state index is 0.615. The lowest BCUT2D eigenvalue weighted by atomic mass is 10.1. The van der Waals surface area contributed by atoms with Crippen LogP contribution in [-0.4, -0.2) is 10.7 Å². The molecule has 0 spiro atoms. The van der Waals surface area contributed by atoms with Crippen LogP contribution in [0.15, 0.2) is 11.1 Å². The molecule has 0 radical (unpaired) electrons. The number of hydrogen-bond acceptors (Lipinski definition) is 3. The van der Waals surface area contributed by atoms with Crippen molar-refractivity contribution in [2.75, 3.05) is 5.75 Å². The molecular formula is C12H16N2S. The first-order valence-corrected chi connectivity index (χ1v) is 6.04. The van der Waals surface area contributed by atoms with E-state index in [-0.39, 0.29) is 0 Å². The molecule has 0 aliphatic heterocycles. The molecule has 3 heteroatoms. The van der Waals surface area contributed by atoms with Crippen molar-refractivity contribution in [1.29, 1.82) is 5.26 Å². The van der Waals surface area contributed by atoms with E-state index in [0.29, 0.717) is 5.92 Å². The number of hydrogen-bond donors (Lipinski definition) is 0. The lowest BCUT2D eigenvalue weighted by Gasteiger charge is -2.08. The lowest BCUT2D eigenvalue weighted by Crippen LogP contribution is -1.97. The van der Waals surface area contributed by atoms with E-state index in [4.69, 9.17) is 5.26 Å². The minimum Gasteiger partial charge on any atom is -0.245 e. The van der Waals surface area contributed by atoms with E-state index in [2.05, 4.69) is 24.9 Å². The van der Waals surface area contributed by atoms with E-state index in [1.807, 2.05) is 19.9 Å². The number of aromatic nitrogens is 1. The van der Waals surface area contributed by atoms with Crippen LogP contribution in [0.2, 0.25) is 0 Å². The normalized spacial score (nSPS) is 10.4. The summed E-state index contributed by atoms with van der Waals surface area (Å²) in [5, 5.41) is 9.93. The second kappa shape index (κ2) is 5.18. The second-order valence-corrected chi connectivity index (χ2v) is 5.09. The predicted molar refractivity (Wildman–Crippen MR) is 64.0 cm³/mol. The molecule has 2 nitrogen and oxygen atoms in total. The third-order valence-electron chi connectivity index (χ3n) is 1.98. The molecule has 80 valence electrons. The molecule has 0 saturated heterocycles. The zero-order valence-electron chi connectivity index (χ0n) is 9.66. The van der Waals surface area contributed by atoms with Crippen molar-refractivity contribution >= 4 is 11.8 Å². The first-order chi connectivity index (χ1) is 7.04. The quantitative estimate of drug-likeness (QED) is 0.733.